The lowest BCUT2D eigenvalue weighted by Gasteiger charge is -2.16. The predicted octanol–water partition coefficient (Wildman–Crippen LogP) is 10.5. The van der Waals surface area contributed by atoms with Gasteiger partial charge in [-0.25, -0.2) is 0 Å². The Kier molecular flexibility index (Phi) is 24.6. The molecular weight excluding hydrogens is 743 g/mol. The number of carboxylic acids is 1. The summed E-state index contributed by atoms with van der Waals surface area (Å²) in [6, 6.07) is 8.01. The van der Waals surface area contributed by atoms with Gasteiger partial charge in [0.2, 0.25) is 5.91 Å². The summed E-state index contributed by atoms with van der Waals surface area (Å²) >= 11 is 9.53. The second kappa shape index (κ2) is 26.3. The predicted molar refractivity (Wildman–Crippen MR) is 227 cm³/mol. The molecule has 0 aliphatic carbocycles. The molecule has 1 amide bonds. The number of carboxylic acid groups (broad SMARTS) is 1. The molecule has 0 fully saturated rings. The SMILES string of the molecule is C.CCCc1c(OCCCC(=O)NC)ccc2c(CC(C)(C)C)noc12.CCCc1c(OCCCC(=O)O)ccc2c(CC(C)(C)C)noc12.CN.ClCCl. The van der Waals surface area contributed by atoms with E-state index in [4.69, 9.17) is 46.8 Å². The maximum atomic E-state index is 11.3. The summed E-state index contributed by atoms with van der Waals surface area (Å²) in [7, 11) is 3.15. The fourth-order valence-corrected chi connectivity index (χ4v) is 5.63. The highest BCUT2D eigenvalue weighted by atomic mass is 35.5. The van der Waals surface area contributed by atoms with Crippen molar-refractivity contribution < 1.29 is 33.2 Å². The number of alkyl halides is 2. The van der Waals surface area contributed by atoms with Crippen molar-refractivity contribution in [3.05, 3.63) is 46.8 Å². The molecule has 0 spiro atoms. The number of fused-ring (bicyclic) bond motifs is 2. The van der Waals surface area contributed by atoms with Gasteiger partial charge in [-0.05, 0) is 80.7 Å². The number of nitrogens with two attached hydrogens (primary N) is 1. The lowest BCUT2D eigenvalue weighted by atomic mass is 9.89. The van der Waals surface area contributed by atoms with Crippen molar-refractivity contribution >= 4 is 57.0 Å². The zero-order chi connectivity index (χ0) is 40.9. The quantitative estimate of drug-likeness (QED) is 0.0733. The van der Waals surface area contributed by atoms with Gasteiger partial charge in [-0.3, -0.25) is 9.59 Å². The molecule has 4 N–H and O–H groups in total. The number of aryl methyl sites for hydroxylation is 2. The Balaban J connectivity index is 0.000000934. The van der Waals surface area contributed by atoms with Gasteiger partial charge in [0.25, 0.3) is 0 Å². The minimum atomic E-state index is -0.801. The van der Waals surface area contributed by atoms with Crippen molar-refractivity contribution in [3.63, 3.8) is 0 Å². The van der Waals surface area contributed by atoms with Gasteiger partial charge >= 0.3 is 5.97 Å². The summed E-state index contributed by atoms with van der Waals surface area (Å²) in [5.41, 5.74) is 10.5. The number of ether oxygens (including phenoxy) is 2. The van der Waals surface area contributed by atoms with E-state index in [9.17, 15) is 9.59 Å². The zero-order valence-electron chi connectivity index (χ0n) is 34.1. The second-order valence-electron chi connectivity index (χ2n) is 15.1. The number of halogens is 2. The number of rotatable bonds is 16. The number of benzene rings is 2. The van der Waals surface area contributed by atoms with Gasteiger partial charge < -0.3 is 34.7 Å². The van der Waals surface area contributed by atoms with Crippen molar-refractivity contribution in [3.8, 4) is 11.5 Å². The standard InChI is InChI=1S/C20H30N2O3.C19H27NO4.CH2Cl2.CH5N.CH4/c1-6-8-15-17(24-12-7-9-18(23)21-5)11-10-14-16(13-20(2,3)4)22-25-19(14)15;1-5-7-14-16(23-11-6-8-17(21)22)10-9-13-15(12-19(2,3)4)20-24-18(13)14;2-1-3;1-2;/h10-11H,6-9,12-13H2,1-5H3,(H,21,23);9-10H,5-8,11-12H2,1-4H3,(H,21,22);1H2;2H2,1H3;1H4. The lowest BCUT2D eigenvalue weighted by molar-refractivity contribution is -0.137. The largest absolute Gasteiger partial charge is 0.493 e. The maximum Gasteiger partial charge on any atom is 0.303 e. The van der Waals surface area contributed by atoms with E-state index in [1.54, 1.807) is 7.05 Å². The van der Waals surface area contributed by atoms with Crippen molar-refractivity contribution in [2.45, 2.75) is 127 Å². The Morgan fingerprint density at radius 1 is 0.764 bits per heavy atom. The molecule has 2 heterocycles. The van der Waals surface area contributed by atoms with E-state index < -0.39 is 5.97 Å². The molecule has 0 bridgehead atoms. The summed E-state index contributed by atoms with van der Waals surface area (Å²) in [6.45, 7) is 18.3. The minimum Gasteiger partial charge on any atom is -0.493 e. The zero-order valence-corrected chi connectivity index (χ0v) is 35.6. The molecule has 0 aliphatic heterocycles. The molecule has 312 valence electrons. The molecule has 55 heavy (non-hydrogen) atoms. The highest BCUT2D eigenvalue weighted by molar-refractivity contribution is 6.40. The third-order valence-corrected chi connectivity index (χ3v) is 7.82. The van der Waals surface area contributed by atoms with Gasteiger partial charge in [0.1, 0.15) is 11.5 Å². The molecule has 0 unspecified atom stereocenters. The van der Waals surface area contributed by atoms with Gasteiger partial charge in [-0.2, -0.15) is 0 Å². The smallest absolute Gasteiger partial charge is 0.303 e. The third kappa shape index (κ3) is 18.3. The van der Waals surface area contributed by atoms with E-state index in [2.05, 4.69) is 76.8 Å². The number of carbonyl (C=O) groups excluding carboxylic acids is 1. The van der Waals surface area contributed by atoms with Gasteiger partial charge in [-0.15, -0.1) is 23.2 Å². The van der Waals surface area contributed by atoms with E-state index in [0.29, 0.717) is 32.5 Å². The Labute approximate surface area is 339 Å². The van der Waals surface area contributed by atoms with Gasteiger partial charge in [-0.1, -0.05) is 86.0 Å². The maximum absolute atomic E-state index is 11.3. The van der Waals surface area contributed by atoms with Gasteiger partial charge in [0, 0.05) is 41.8 Å². The highest BCUT2D eigenvalue weighted by Crippen LogP contribution is 2.35. The van der Waals surface area contributed by atoms with Crippen LogP contribution in [0.1, 0.15) is 124 Å². The minimum absolute atomic E-state index is 0. The topological polar surface area (TPSA) is 163 Å². The van der Waals surface area contributed by atoms with Crippen LogP contribution in [0.3, 0.4) is 0 Å². The van der Waals surface area contributed by atoms with Crippen molar-refractivity contribution in [2.75, 3.05) is 32.6 Å². The Morgan fingerprint density at radius 3 is 1.47 bits per heavy atom. The summed E-state index contributed by atoms with van der Waals surface area (Å²) < 4.78 is 23.1. The number of amides is 1. The molecule has 0 aliphatic rings. The van der Waals surface area contributed by atoms with Crippen LogP contribution < -0.4 is 20.5 Å². The number of nitrogens with one attached hydrogen (secondary N) is 1. The highest BCUT2D eigenvalue weighted by Gasteiger charge is 2.22. The number of carbonyl (C=O) groups is 2. The summed E-state index contributed by atoms with van der Waals surface area (Å²) in [4.78, 5) is 21.9. The molecule has 2 aromatic carbocycles. The van der Waals surface area contributed by atoms with E-state index in [-0.39, 0.29) is 35.9 Å². The average Bonchev–Trinajstić information content (AvgIpc) is 3.70. The van der Waals surface area contributed by atoms with Crippen LogP contribution in [0.15, 0.2) is 33.3 Å². The molecule has 2 aromatic heterocycles. The Hall–Kier alpha value is -3.54. The molecule has 11 nitrogen and oxygen atoms in total. The van der Waals surface area contributed by atoms with Crippen molar-refractivity contribution in [1.82, 2.24) is 15.6 Å². The molecule has 0 atom stereocenters. The summed E-state index contributed by atoms with van der Waals surface area (Å²) in [5, 5.41) is 22.2. The fraction of sp³-hybridized carbons (Fsp3) is 0.619. The normalized spacial score (nSPS) is 10.9. The van der Waals surface area contributed by atoms with E-state index >= 15 is 0 Å². The number of aromatic nitrogens is 2. The average molecular weight is 812 g/mol. The van der Waals surface area contributed by atoms with Crippen molar-refractivity contribution in [1.29, 1.82) is 0 Å². The lowest BCUT2D eigenvalue weighted by Crippen LogP contribution is -2.18. The van der Waals surface area contributed by atoms with Crippen LogP contribution in [0.5, 0.6) is 11.5 Å². The number of hydrogen-bond donors (Lipinski definition) is 3. The molecular formula is C42H68Cl2N4O7. The van der Waals surface area contributed by atoms with E-state index in [0.717, 1.165) is 94.5 Å². The van der Waals surface area contributed by atoms with E-state index in [1.807, 2.05) is 24.3 Å². The number of nitrogens with zero attached hydrogens (tertiary/aromatic N) is 2. The Morgan fingerprint density at radius 2 is 1.15 bits per heavy atom. The Bertz CT molecular complexity index is 1690. The van der Waals surface area contributed by atoms with Crippen LogP contribution in [0.25, 0.3) is 21.9 Å². The van der Waals surface area contributed by atoms with E-state index in [1.165, 1.54) is 7.05 Å². The number of aliphatic carboxylic acids is 1. The second-order valence-corrected chi connectivity index (χ2v) is 16.0. The summed E-state index contributed by atoms with van der Waals surface area (Å²) in [6.07, 6.45) is 7.19. The van der Waals surface area contributed by atoms with Crippen LogP contribution >= 0.6 is 23.2 Å². The van der Waals surface area contributed by atoms with Crippen molar-refractivity contribution in [2.24, 2.45) is 16.6 Å². The molecule has 4 aromatic rings. The fourth-order valence-electron chi connectivity index (χ4n) is 5.63. The molecule has 0 saturated heterocycles. The van der Waals surface area contributed by atoms with Gasteiger partial charge in [0.05, 0.1) is 29.9 Å². The van der Waals surface area contributed by atoms with Crippen LogP contribution in [-0.2, 0) is 35.3 Å². The van der Waals surface area contributed by atoms with Crippen LogP contribution in [0, 0.1) is 10.8 Å². The van der Waals surface area contributed by atoms with Gasteiger partial charge in [0.15, 0.2) is 11.2 Å². The molecule has 0 saturated carbocycles. The first-order valence-electron chi connectivity index (χ1n) is 18.8. The molecule has 0 radical (unpaired) electrons. The first-order valence-corrected chi connectivity index (χ1v) is 19.8. The monoisotopic (exact) mass is 810 g/mol. The van der Waals surface area contributed by atoms with Crippen LogP contribution in [-0.4, -0.2) is 59.9 Å². The number of hydrogen-bond acceptors (Lipinski definition) is 9. The first-order chi connectivity index (χ1) is 25.6. The molecule has 4 rings (SSSR count). The third-order valence-electron chi connectivity index (χ3n) is 7.82. The molecule has 13 heteroatoms. The van der Waals surface area contributed by atoms with Crippen LogP contribution in [0.2, 0.25) is 0 Å². The summed E-state index contributed by atoms with van der Waals surface area (Å²) in [5.74, 6) is 0.845. The van der Waals surface area contributed by atoms with Crippen LogP contribution in [0.4, 0.5) is 0 Å². The first kappa shape index (κ1) is 51.5.